The van der Waals surface area contributed by atoms with Crippen LogP contribution in [0.2, 0.25) is 0 Å². The van der Waals surface area contributed by atoms with Crippen molar-refractivity contribution >= 4 is 17.7 Å². The van der Waals surface area contributed by atoms with Gasteiger partial charge in [0, 0.05) is 19.0 Å². The summed E-state index contributed by atoms with van der Waals surface area (Å²) in [6.07, 6.45) is 10.1. The Bertz CT molecular complexity index is 438. The predicted octanol–water partition coefficient (Wildman–Crippen LogP) is 2.16. The summed E-state index contributed by atoms with van der Waals surface area (Å²) in [6, 6.07) is -0.246. The van der Waals surface area contributed by atoms with Crippen molar-refractivity contribution in [3.63, 3.8) is 0 Å². The Morgan fingerprint density at radius 1 is 1.05 bits per heavy atom. The highest BCUT2D eigenvalue weighted by Gasteiger charge is 2.32. The molecule has 1 saturated carbocycles. The molecule has 2 rings (SSSR count). The minimum absolute atomic E-state index is 0.246. The molecular weight excluding hydrogens is 270 g/mol. The SMILES string of the molecule is O=C(O)/C=C/C1CCCN1C(=O)C(=O)CC1CCCCC1. The monoisotopic (exact) mass is 293 g/mol. The van der Waals surface area contributed by atoms with E-state index in [0.29, 0.717) is 18.9 Å². The fourth-order valence-corrected chi connectivity index (χ4v) is 3.34. The van der Waals surface area contributed by atoms with E-state index in [4.69, 9.17) is 5.11 Å². The van der Waals surface area contributed by atoms with E-state index >= 15 is 0 Å². The zero-order valence-electron chi connectivity index (χ0n) is 12.3. The molecule has 0 radical (unpaired) electrons. The fraction of sp³-hybridized carbons (Fsp3) is 0.688. The molecule has 5 heteroatoms. The van der Waals surface area contributed by atoms with E-state index in [2.05, 4.69) is 0 Å². The van der Waals surface area contributed by atoms with Crippen molar-refractivity contribution in [2.24, 2.45) is 5.92 Å². The highest BCUT2D eigenvalue weighted by Crippen LogP contribution is 2.27. The summed E-state index contributed by atoms with van der Waals surface area (Å²) < 4.78 is 0. The van der Waals surface area contributed by atoms with Crippen LogP contribution in [0.25, 0.3) is 0 Å². The Morgan fingerprint density at radius 3 is 2.43 bits per heavy atom. The van der Waals surface area contributed by atoms with Crippen molar-refractivity contribution in [1.29, 1.82) is 0 Å². The standard InChI is InChI=1S/C16H23NO4/c18-14(11-12-5-2-1-3-6-12)16(21)17-10-4-7-13(17)8-9-15(19)20/h8-9,12-13H,1-7,10-11H2,(H,19,20)/b9-8+. The second-order valence-electron chi connectivity index (χ2n) is 6.04. The molecule has 1 aliphatic heterocycles. The number of hydrogen-bond acceptors (Lipinski definition) is 3. The van der Waals surface area contributed by atoms with Crippen LogP contribution >= 0.6 is 0 Å². The molecule has 0 aromatic rings. The fourth-order valence-electron chi connectivity index (χ4n) is 3.34. The summed E-state index contributed by atoms with van der Waals surface area (Å²) in [6.45, 7) is 0.546. The first kappa shape index (κ1) is 15.7. The van der Waals surface area contributed by atoms with E-state index in [9.17, 15) is 14.4 Å². The van der Waals surface area contributed by atoms with Crippen LogP contribution in [-0.2, 0) is 14.4 Å². The number of amides is 1. The van der Waals surface area contributed by atoms with Crippen LogP contribution in [0.4, 0.5) is 0 Å². The van der Waals surface area contributed by atoms with Gasteiger partial charge in [0.05, 0.1) is 6.04 Å². The summed E-state index contributed by atoms with van der Waals surface area (Å²) in [5.74, 6) is -1.41. The third-order valence-electron chi connectivity index (χ3n) is 4.46. The van der Waals surface area contributed by atoms with Gasteiger partial charge in [-0.1, -0.05) is 38.2 Å². The van der Waals surface area contributed by atoms with E-state index in [0.717, 1.165) is 44.6 Å². The Kier molecular flexibility index (Phi) is 5.53. The van der Waals surface area contributed by atoms with Gasteiger partial charge in [0.2, 0.25) is 5.78 Å². The molecule has 2 fully saturated rings. The van der Waals surface area contributed by atoms with Gasteiger partial charge in [-0.05, 0) is 18.8 Å². The van der Waals surface area contributed by atoms with Gasteiger partial charge in [-0.25, -0.2) is 4.79 Å². The lowest BCUT2D eigenvalue weighted by Crippen LogP contribution is -2.40. The molecule has 1 saturated heterocycles. The van der Waals surface area contributed by atoms with Gasteiger partial charge in [0.1, 0.15) is 0 Å². The maximum atomic E-state index is 12.3. The highest BCUT2D eigenvalue weighted by molar-refractivity contribution is 6.36. The lowest BCUT2D eigenvalue weighted by molar-refractivity contribution is -0.145. The average Bonchev–Trinajstić information content (AvgIpc) is 2.93. The molecule has 1 amide bonds. The van der Waals surface area contributed by atoms with Gasteiger partial charge in [-0.3, -0.25) is 9.59 Å². The maximum Gasteiger partial charge on any atom is 0.328 e. The number of carbonyl (C=O) groups excluding carboxylic acids is 2. The topological polar surface area (TPSA) is 74.7 Å². The Balaban J connectivity index is 1.91. The third-order valence-corrected chi connectivity index (χ3v) is 4.46. The van der Waals surface area contributed by atoms with Crippen LogP contribution in [-0.4, -0.2) is 40.3 Å². The number of hydrogen-bond donors (Lipinski definition) is 1. The van der Waals surface area contributed by atoms with Crippen molar-refractivity contribution in [2.45, 2.75) is 57.4 Å². The van der Waals surface area contributed by atoms with Gasteiger partial charge in [0.25, 0.3) is 5.91 Å². The number of likely N-dealkylation sites (tertiary alicyclic amines) is 1. The van der Waals surface area contributed by atoms with Gasteiger partial charge in [0.15, 0.2) is 0 Å². The normalized spacial score (nSPS) is 23.6. The second kappa shape index (κ2) is 7.38. The van der Waals surface area contributed by atoms with Crippen molar-refractivity contribution in [2.75, 3.05) is 6.54 Å². The molecule has 1 aliphatic carbocycles. The van der Waals surface area contributed by atoms with Crippen LogP contribution in [0.3, 0.4) is 0 Å². The van der Waals surface area contributed by atoms with Crippen LogP contribution in [0, 0.1) is 5.92 Å². The summed E-state index contributed by atoms with van der Waals surface area (Å²) >= 11 is 0. The number of ketones is 1. The summed E-state index contributed by atoms with van der Waals surface area (Å²) in [5.41, 5.74) is 0. The lowest BCUT2D eigenvalue weighted by Gasteiger charge is -2.24. The van der Waals surface area contributed by atoms with E-state index in [1.807, 2.05) is 0 Å². The van der Waals surface area contributed by atoms with Crippen LogP contribution in [0.5, 0.6) is 0 Å². The Morgan fingerprint density at radius 2 is 1.76 bits per heavy atom. The zero-order valence-corrected chi connectivity index (χ0v) is 12.3. The number of aliphatic carboxylic acids is 1. The molecule has 1 atom stereocenters. The molecule has 1 unspecified atom stereocenters. The largest absolute Gasteiger partial charge is 0.478 e. The summed E-state index contributed by atoms with van der Waals surface area (Å²) in [4.78, 5) is 36.5. The number of carboxylic acid groups (broad SMARTS) is 1. The van der Waals surface area contributed by atoms with Crippen molar-refractivity contribution < 1.29 is 19.5 Å². The van der Waals surface area contributed by atoms with Gasteiger partial charge in [-0.2, -0.15) is 0 Å². The van der Waals surface area contributed by atoms with Crippen LogP contribution < -0.4 is 0 Å². The van der Waals surface area contributed by atoms with E-state index < -0.39 is 11.9 Å². The van der Waals surface area contributed by atoms with E-state index in [-0.39, 0.29) is 11.8 Å². The zero-order chi connectivity index (χ0) is 15.2. The maximum absolute atomic E-state index is 12.3. The van der Waals surface area contributed by atoms with Gasteiger partial charge >= 0.3 is 5.97 Å². The van der Waals surface area contributed by atoms with Crippen molar-refractivity contribution in [1.82, 2.24) is 4.90 Å². The number of Topliss-reactive ketones (excluding diaryl/α,β-unsaturated/α-hetero) is 1. The quantitative estimate of drug-likeness (QED) is 0.622. The Hall–Kier alpha value is -1.65. The molecule has 116 valence electrons. The van der Waals surface area contributed by atoms with E-state index in [1.165, 1.54) is 17.4 Å². The average molecular weight is 293 g/mol. The van der Waals surface area contributed by atoms with Gasteiger partial charge in [-0.15, -0.1) is 0 Å². The summed E-state index contributed by atoms with van der Waals surface area (Å²) in [5, 5.41) is 8.67. The van der Waals surface area contributed by atoms with Crippen molar-refractivity contribution in [3.05, 3.63) is 12.2 Å². The summed E-state index contributed by atoms with van der Waals surface area (Å²) in [7, 11) is 0. The molecule has 0 aromatic carbocycles. The first-order chi connectivity index (χ1) is 10.1. The minimum atomic E-state index is -1.03. The molecule has 5 nitrogen and oxygen atoms in total. The molecule has 0 aromatic heterocycles. The number of rotatable bonds is 5. The third kappa shape index (κ3) is 4.41. The van der Waals surface area contributed by atoms with Crippen LogP contribution in [0.1, 0.15) is 51.4 Å². The van der Waals surface area contributed by atoms with E-state index in [1.54, 1.807) is 0 Å². The van der Waals surface area contributed by atoms with Crippen LogP contribution in [0.15, 0.2) is 12.2 Å². The molecule has 2 aliphatic rings. The molecule has 0 bridgehead atoms. The van der Waals surface area contributed by atoms with Crippen molar-refractivity contribution in [3.8, 4) is 0 Å². The first-order valence-corrected chi connectivity index (χ1v) is 7.83. The second-order valence-corrected chi connectivity index (χ2v) is 6.04. The lowest BCUT2D eigenvalue weighted by atomic mass is 9.85. The smallest absolute Gasteiger partial charge is 0.328 e. The number of nitrogens with zero attached hydrogens (tertiary/aromatic N) is 1. The molecule has 0 spiro atoms. The molecular formula is C16H23NO4. The molecule has 21 heavy (non-hydrogen) atoms. The highest BCUT2D eigenvalue weighted by atomic mass is 16.4. The predicted molar refractivity (Wildman–Crippen MR) is 77.7 cm³/mol. The van der Waals surface area contributed by atoms with Gasteiger partial charge < -0.3 is 10.0 Å². The molecule has 1 N–H and O–H groups in total. The molecule has 1 heterocycles. The Labute approximate surface area is 125 Å². The number of carbonyl (C=O) groups is 3. The minimum Gasteiger partial charge on any atom is -0.478 e. The first-order valence-electron chi connectivity index (χ1n) is 7.83. The number of carboxylic acids is 1.